The standard InChI is InChI=1S/C18H21NO4/c1-13-5-2-3-6-15(13)23-11-17(20)19-12-18(21,14-8-9-14)16-7-4-10-22-16/h2-7,10,14,21H,8-9,11-12H2,1H3,(H,19,20). The van der Waals surface area contributed by atoms with Crippen LogP contribution in [0.15, 0.2) is 47.1 Å². The van der Waals surface area contributed by atoms with E-state index in [9.17, 15) is 9.90 Å². The molecular formula is C18H21NO4. The molecule has 0 aliphatic heterocycles. The highest BCUT2D eigenvalue weighted by Crippen LogP contribution is 2.45. The Hall–Kier alpha value is -2.27. The largest absolute Gasteiger partial charge is 0.484 e. The number of aliphatic hydroxyl groups is 1. The first-order valence-electron chi connectivity index (χ1n) is 7.81. The monoisotopic (exact) mass is 315 g/mol. The molecule has 0 saturated heterocycles. The summed E-state index contributed by atoms with van der Waals surface area (Å²) in [5, 5.41) is 13.6. The van der Waals surface area contributed by atoms with Gasteiger partial charge in [-0.1, -0.05) is 18.2 Å². The van der Waals surface area contributed by atoms with Crippen LogP contribution in [0.5, 0.6) is 5.75 Å². The first-order chi connectivity index (χ1) is 11.1. The van der Waals surface area contributed by atoms with Gasteiger partial charge >= 0.3 is 0 Å². The van der Waals surface area contributed by atoms with E-state index in [1.165, 1.54) is 6.26 Å². The van der Waals surface area contributed by atoms with E-state index in [1.54, 1.807) is 12.1 Å². The van der Waals surface area contributed by atoms with E-state index in [-0.39, 0.29) is 25.0 Å². The number of benzene rings is 1. The summed E-state index contributed by atoms with van der Waals surface area (Å²) in [5.74, 6) is 1.05. The minimum Gasteiger partial charge on any atom is -0.484 e. The Labute approximate surface area is 135 Å². The second-order valence-electron chi connectivity index (χ2n) is 6.01. The van der Waals surface area contributed by atoms with Crippen molar-refractivity contribution >= 4 is 5.91 Å². The molecule has 23 heavy (non-hydrogen) atoms. The fourth-order valence-corrected chi connectivity index (χ4v) is 2.66. The predicted molar refractivity (Wildman–Crippen MR) is 85.0 cm³/mol. The van der Waals surface area contributed by atoms with E-state index in [0.29, 0.717) is 11.5 Å². The summed E-state index contributed by atoms with van der Waals surface area (Å²) in [4.78, 5) is 12.0. The maximum Gasteiger partial charge on any atom is 0.258 e. The second kappa shape index (κ2) is 6.46. The van der Waals surface area contributed by atoms with E-state index in [0.717, 1.165) is 18.4 Å². The summed E-state index contributed by atoms with van der Waals surface area (Å²) in [6.07, 6.45) is 3.41. The molecule has 0 radical (unpaired) electrons. The normalized spacial score (nSPS) is 16.6. The van der Waals surface area contributed by atoms with Gasteiger partial charge in [0.2, 0.25) is 0 Å². The number of hydrogen-bond acceptors (Lipinski definition) is 4. The Bertz CT molecular complexity index is 663. The third-order valence-corrected chi connectivity index (χ3v) is 4.21. The van der Waals surface area contributed by atoms with Crippen molar-refractivity contribution in [3.63, 3.8) is 0 Å². The van der Waals surface area contributed by atoms with Crippen molar-refractivity contribution in [2.45, 2.75) is 25.4 Å². The number of aryl methyl sites for hydroxylation is 1. The molecule has 0 bridgehead atoms. The number of hydrogen-bond donors (Lipinski definition) is 2. The molecule has 1 saturated carbocycles. The van der Waals surface area contributed by atoms with Gasteiger partial charge in [-0.2, -0.15) is 0 Å². The topological polar surface area (TPSA) is 71.7 Å². The van der Waals surface area contributed by atoms with Crippen LogP contribution in [-0.2, 0) is 10.4 Å². The van der Waals surface area contributed by atoms with E-state index >= 15 is 0 Å². The van der Waals surface area contributed by atoms with Gasteiger partial charge in [-0.05, 0) is 49.4 Å². The zero-order chi connectivity index (χ0) is 16.3. The van der Waals surface area contributed by atoms with Gasteiger partial charge in [0, 0.05) is 0 Å². The Kier molecular flexibility index (Phi) is 4.39. The van der Waals surface area contributed by atoms with Crippen LogP contribution in [0.2, 0.25) is 0 Å². The molecule has 3 rings (SSSR count). The minimum atomic E-state index is -1.14. The average Bonchev–Trinajstić information content (AvgIpc) is 3.27. The van der Waals surface area contributed by atoms with E-state index in [1.807, 2.05) is 31.2 Å². The van der Waals surface area contributed by atoms with Crippen molar-refractivity contribution in [2.75, 3.05) is 13.2 Å². The predicted octanol–water partition coefficient (Wildman–Crippen LogP) is 2.38. The lowest BCUT2D eigenvalue weighted by atomic mass is 9.94. The number of ether oxygens (including phenoxy) is 1. The minimum absolute atomic E-state index is 0.0796. The maximum atomic E-state index is 12.0. The Morgan fingerprint density at radius 3 is 2.78 bits per heavy atom. The van der Waals surface area contributed by atoms with Crippen LogP contribution in [0.3, 0.4) is 0 Å². The third-order valence-electron chi connectivity index (χ3n) is 4.21. The SMILES string of the molecule is Cc1ccccc1OCC(=O)NCC(O)(c1ccco1)C1CC1. The van der Waals surface area contributed by atoms with Crippen LogP contribution < -0.4 is 10.1 Å². The molecule has 122 valence electrons. The highest BCUT2D eigenvalue weighted by atomic mass is 16.5. The Morgan fingerprint density at radius 1 is 1.35 bits per heavy atom. The lowest BCUT2D eigenvalue weighted by Crippen LogP contribution is -2.43. The van der Waals surface area contributed by atoms with Gasteiger partial charge in [-0.25, -0.2) is 0 Å². The molecule has 0 spiro atoms. The van der Waals surface area contributed by atoms with Crippen molar-refractivity contribution in [2.24, 2.45) is 5.92 Å². The number of amides is 1. The molecular weight excluding hydrogens is 294 g/mol. The lowest BCUT2D eigenvalue weighted by Gasteiger charge is -2.26. The molecule has 1 amide bonds. The molecule has 2 N–H and O–H groups in total. The van der Waals surface area contributed by atoms with Gasteiger partial charge in [-0.15, -0.1) is 0 Å². The fourth-order valence-electron chi connectivity index (χ4n) is 2.66. The number of nitrogens with one attached hydrogen (secondary N) is 1. The summed E-state index contributed by atoms with van der Waals surface area (Å²) < 4.78 is 10.9. The lowest BCUT2D eigenvalue weighted by molar-refractivity contribution is -0.125. The maximum absolute atomic E-state index is 12.0. The molecule has 1 aromatic heterocycles. The highest BCUT2D eigenvalue weighted by molar-refractivity contribution is 5.77. The van der Waals surface area contributed by atoms with Gasteiger partial charge < -0.3 is 19.6 Å². The van der Waals surface area contributed by atoms with Crippen LogP contribution in [-0.4, -0.2) is 24.2 Å². The van der Waals surface area contributed by atoms with Crippen molar-refractivity contribution in [3.05, 3.63) is 54.0 Å². The quantitative estimate of drug-likeness (QED) is 0.823. The molecule has 1 aliphatic rings. The van der Waals surface area contributed by atoms with Gasteiger partial charge in [0.05, 0.1) is 12.8 Å². The zero-order valence-corrected chi connectivity index (χ0v) is 13.1. The zero-order valence-electron chi connectivity index (χ0n) is 13.1. The Morgan fingerprint density at radius 2 is 2.13 bits per heavy atom. The van der Waals surface area contributed by atoms with Crippen molar-refractivity contribution in [1.82, 2.24) is 5.32 Å². The van der Waals surface area contributed by atoms with Gasteiger partial charge in [0.15, 0.2) is 6.61 Å². The summed E-state index contributed by atoms with van der Waals surface area (Å²) in [6.45, 7) is 1.97. The Balaban J connectivity index is 1.55. The van der Waals surface area contributed by atoms with Crippen LogP contribution in [0.4, 0.5) is 0 Å². The molecule has 1 unspecified atom stereocenters. The first kappa shape index (κ1) is 15.6. The van der Waals surface area contributed by atoms with E-state index in [4.69, 9.17) is 9.15 Å². The van der Waals surface area contributed by atoms with Gasteiger partial charge in [0.1, 0.15) is 17.1 Å². The van der Waals surface area contributed by atoms with Crippen molar-refractivity contribution < 1.29 is 19.1 Å². The highest BCUT2D eigenvalue weighted by Gasteiger charge is 2.47. The van der Waals surface area contributed by atoms with Crippen LogP contribution in [0.1, 0.15) is 24.2 Å². The van der Waals surface area contributed by atoms with E-state index < -0.39 is 5.60 Å². The van der Waals surface area contributed by atoms with Gasteiger partial charge in [0.25, 0.3) is 5.91 Å². The average molecular weight is 315 g/mol. The number of carbonyl (C=O) groups excluding carboxylic acids is 1. The van der Waals surface area contributed by atoms with Crippen molar-refractivity contribution in [1.29, 1.82) is 0 Å². The van der Waals surface area contributed by atoms with Crippen LogP contribution in [0, 0.1) is 12.8 Å². The fraction of sp³-hybridized carbons (Fsp3) is 0.389. The summed E-state index contributed by atoms with van der Waals surface area (Å²) in [7, 11) is 0. The molecule has 1 atom stereocenters. The van der Waals surface area contributed by atoms with Crippen molar-refractivity contribution in [3.8, 4) is 5.75 Å². The van der Waals surface area contributed by atoms with Gasteiger partial charge in [-0.3, -0.25) is 4.79 Å². The first-order valence-corrected chi connectivity index (χ1v) is 7.81. The second-order valence-corrected chi connectivity index (χ2v) is 6.01. The van der Waals surface area contributed by atoms with Crippen LogP contribution in [0.25, 0.3) is 0 Å². The number of rotatable bonds is 7. The van der Waals surface area contributed by atoms with E-state index in [2.05, 4.69) is 5.32 Å². The molecule has 1 fully saturated rings. The molecule has 5 heteroatoms. The third kappa shape index (κ3) is 3.56. The summed E-state index contributed by atoms with van der Waals surface area (Å²) in [6, 6.07) is 11.0. The summed E-state index contributed by atoms with van der Waals surface area (Å²) in [5.41, 5.74) is -0.160. The number of carbonyl (C=O) groups is 1. The smallest absolute Gasteiger partial charge is 0.258 e. The number of furan rings is 1. The molecule has 1 heterocycles. The number of para-hydroxylation sites is 1. The van der Waals surface area contributed by atoms with Crippen LogP contribution >= 0.6 is 0 Å². The molecule has 1 aromatic carbocycles. The molecule has 2 aromatic rings. The molecule has 5 nitrogen and oxygen atoms in total. The summed E-state index contributed by atoms with van der Waals surface area (Å²) >= 11 is 0. The molecule has 1 aliphatic carbocycles.